The van der Waals surface area contributed by atoms with Crippen molar-refractivity contribution in [3.63, 3.8) is 0 Å². The fourth-order valence-electron chi connectivity index (χ4n) is 2.73. The molecule has 2 rings (SSSR count). The van der Waals surface area contributed by atoms with E-state index in [2.05, 4.69) is 30.8 Å². The van der Waals surface area contributed by atoms with Crippen LogP contribution in [0.4, 0.5) is 0 Å². The second kappa shape index (κ2) is 4.43. The Labute approximate surface area is 102 Å². The highest BCUT2D eigenvalue weighted by Crippen LogP contribution is 2.41. The molecule has 0 aliphatic heterocycles. The van der Waals surface area contributed by atoms with Crippen molar-refractivity contribution >= 4 is 11.3 Å². The van der Waals surface area contributed by atoms with E-state index in [4.69, 9.17) is 5.73 Å². The smallest absolute Gasteiger partial charge is 0.0798 e. The highest BCUT2D eigenvalue weighted by atomic mass is 32.1. The number of hydrogen-bond acceptors (Lipinski definition) is 4. The number of nitrogens with zero attached hydrogens (tertiary/aromatic N) is 2. The van der Waals surface area contributed by atoms with Gasteiger partial charge in [0.15, 0.2) is 0 Å². The maximum absolute atomic E-state index is 5.95. The molecule has 0 aromatic carbocycles. The fourth-order valence-corrected chi connectivity index (χ4v) is 3.56. The first kappa shape index (κ1) is 12.0. The Balaban J connectivity index is 2.02. The predicted molar refractivity (Wildman–Crippen MR) is 68.5 cm³/mol. The van der Waals surface area contributed by atoms with Crippen LogP contribution in [-0.4, -0.2) is 29.0 Å². The quantitative estimate of drug-likeness (QED) is 0.874. The van der Waals surface area contributed by atoms with Gasteiger partial charge in [-0.2, -0.15) is 0 Å². The summed E-state index contributed by atoms with van der Waals surface area (Å²) in [4.78, 5) is 8.09. The van der Waals surface area contributed by atoms with E-state index in [0.29, 0.717) is 0 Å². The molecule has 2 N–H and O–H groups in total. The first-order valence-corrected chi connectivity index (χ1v) is 6.75. The molecule has 1 aromatic rings. The Bertz CT molecular complexity index is 355. The molecule has 1 fully saturated rings. The molecule has 0 atom stereocenters. The second-order valence-corrected chi connectivity index (χ2v) is 6.10. The van der Waals surface area contributed by atoms with Gasteiger partial charge in [-0.3, -0.25) is 4.90 Å². The normalized spacial score (nSPS) is 29.4. The van der Waals surface area contributed by atoms with Crippen molar-refractivity contribution in [2.45, 2.75) is 38.8 Å². The van der Waals surface area contributed by atoms with Gasteiger partial charge in [-0.15, -0.1) is 11.3 Å². The molecule has 1 heterocycles. The lowest BCUT2D eigenvalue weighted by Crippen LogP contribution is -2.59. The molecule has 0 bridgehead atoms. The molecule has 3 nitrogen and oxygen atoms in total. The maximum atomic E-state index is 5.95. The van der Waals surface area contributed by atoms with Gasteiger partial charge < -0.3 is 5.73 Å². The van der Waals surface area contributed by atoms with Crippen LogP contribution in [0.1, 0.15) is 30.3 Å². The van der Waals surface area contributed by atoms with Gasteiger partial charge in [0, 0.05) is 23.5 Å². The molecule has 1 aromatic heterocycles. The van der Waals surface area contributed by atoms with E-state index in [-0.39, 0.29) is 5.54 Å². The van der Waals surface area contributed by atoms with Crippen molar-refractivity contribution in [3.8, 4) is 0 Å². The van der Waals surface area contributed by atoms with Gasteiger partial charge in [0.05, 0.1) is 11.2 Å². The fraction of sp³-hybridized carbons (Fsp3) is 0.750. The number of aromatic nitrogens is 1. The first-order chi connectivity index (χ1) is 7.57. The van der Waals surface area contributed by atoms with Crippen molar-refractivity contribution in [3.05, 3.63) is 16.1 Å². The minimum absolute atomic E-state index is 0.246. The number of nitrogens with two attached hydrogens (primary N) is 1. The Morgan fingerprint density at radius 2 is 2.31 bits per heavy atom. The largest absolute Gasteiger partial charge is 0.329 e. The van der Waals surface area contributed by atoms with Gasteiger partial charge in [-0.25, -0.2) is 4.98 Å². The summed E-state index contributed by atoms with van der Waals surface area (Å²) in [6.45, 7) is 6.14. The number of likely N-dealkylation sites (N-methyl/N-ethyl adjacent to an activating group) is 1. The van der Waals surface area contributed by atoms with E-state index < -0.39 is 0 Å². The minimum Gasteiger partial charge on any atom is -0.329 e. The van der Waals surface area contributed by atoms with E-state index in [9.17, 15) is 0 Å². The molecule has 0 unspecified atom stereocenters. The third-order valence-electron chi connectivity index (χ3n) is 3.87. The summed E-state index contributed by atoms with van der Waals surface area (Å²) in [6.07, 6.45) is 2.47. The van der Waals surface area contributed by atoms with Crippen molar-refractivity contribution in [1.29, 1.82) is 0 Å². The number of thiazole rings is 1. The average molecular weight is 239 g/mol. The van der Waals surface area contributed by atoms with E-state index in [1.807, 2.05) is 5.51 Å². The third-order valence-corrected chi connectivity index (χ3v) is 4.79. The van der Waals surface area contributed by atoms with Crippen molar-refractivity contribution < 1.29 is 0 Å². The highest BCUT2D eigenvalue weighted by Gasteiger charge is 2.44. The average Bonchev–Trinajstić information content (AvgIpc) is 2.59. The van der Waals surface area contributed by atoms with Gasteiger partial charge in [0.1, 0.15) is 0 Å². The Kier molecular flexibility index (Phi) is 3.33. The highest BCUT2D eigenvalue weighted by molar-refractivity contribution is 7.09. The SMILES string of the molecule is Cc1ncsc1CN(C)C1(CN)CC(C)C1. The van der Waals surface area contributed by atoms with Gasteiger partial charge in [-0.1, -0.05) is 6.92 Å². The van der Waals surface area contributed by atoms with Crippen LogP contribution < -0.4 is 5.73 Å². The van der Waals surface area contributed by atoms with Gasteiger partial charge >= 0.3 is 0 Å². The lowest BCUT2D eigenvalue weighted by Gasteiger charge is -2.52. The zero-order valence-electron chi connectivity index (χ0n) is 10.4. The third kappa shape index (κ3) is 2.01. The standard InChI is InChI=1S/C12H21N3S/c1-9-4-12(5-9,7-13)15(3)6-11-10(2)14-8-16-11/h8-9H,4-7,13H2,1-3H3. The molecular formula is C12H21N3S. The number of rotatable bonds is 4. The van der Waals surface area contributed by atoms with Crippen LogP contribution in [-0.2, 0) is 6.54 Å². The molecule has 0 radical (unpaired) electrons. The lowest BCUT2D eigenvalue weighted by atomic mass is 9.68. The lowest BCUT2D eigenvalue weighted by molar-refractivity contribution is 0.000769. The summed E-state index contributed by atoms with van der Waals surface area (Å²) in [5.74, 6) is 0.827. The van der Waals surface area contributed by atoms with Crippen molar-refractivity contribution in [1.82, 2.24) is 9.88 Å². The monoisotopic (exact) mass is 239 g/mol. The van der Waals surface area contributed by atoms with Crippen LogP contribution in [0, 0.1) is 12.8 Å². The molecule has 1 saturated carbocycles. The molecule has 16 heavy (non-hydrogen) atoms. The number of aryl methyl sites for hydroxylation is 1. The second-order valence-electron chi connectivity index (χ2n) is 5.16. The summed E-state index contributed by atoms with van der Waals surface area (Å²) >= 11 is 1.75. The summed E-state index contributed by atoms with van der Waals surface area (Å²) in [7, 11) is 2.19. The van der Waals surface area contributed by atoms with Gasteiger partial charge in [-0.05, 0) is 32.7 Å². The molecule has 0 spiro atoms. The first-order valence-electron chi connectivity index (χ1n) is 5.87. The Hall–Kier alpha value is -0.450. The van der Waals surface area contributed by atoms with Crippen LogP contribution in [0.2, 0.25) is 0 Å². The molecule has 90 valence electrons. The van der Waals surface area contributed by atoms with Crippen LogP contribution in [0.5, 0.6) is 0 Å². The van der Waals surface area contributed by atoms with E-state index in [0.717, 1.165) is 24.7 Å². The summed E-state index contributed by atoms with van der Waals surface area (Å²) in [5, 5.41) is 0. The van der Waals surface area contributed by atoms with E-state index >= 15 is 0 Å². The molecule has 1 aliphatic carbocycles. The van der Waals surface area contributed by atoms with E-state index in [1.54, 1.807) is 11.3 Å². The summed E-state index contributed by atoms with van der Waals surface area (Å²) < 4.78 is 0. The summed E-state index contributed by atoms with van der Waals surface area (Å²) in [5.41, 5.74) is 9.28. The molecule has 0 amide bonds. The minimum atomic E-state index is 0.246. The topological polar surface area (TPSA) is 42.2 Å². The molecule has 4 heteroatoms. The van der Waals surface area contributed by atoms with Crippen LogP contribution in [0.15, 0.2) is 5.51 Å². The Morgan fingerprint density at radius 1 is 1.62 bits per heavy atom. The van der Waals surface area contributed by atoms with Crippen LogP contribution in [0.3, 0.4) is 0 Å². The maximum Gasteiger partial charge on any atom is 0.0798 e. The molecule has 1 aliphatic rings. The van der Waals surface area contributed by atoms with Gasteiger partial charge in [0.25, 0.3) is 0 Å². The molecule has 0 saturated heterocycles. The van der Waals surface area contributed by atoms with Crippen molar-refractivity contribution in [2.75, 3.05) is 13.6 Å². The Morgan fingerprint density at radius 3 is 2.75 bits per heavy atom. The zero-order valence-corrected chi connectivity index (χ0v) is 11.2. The van der Waals surface area contributed by atoms with Crippen LogP contribution in [0.25, 0.3) is 0 Å². The summed E-state index contributed by atoms with van der Waals surface area (Å²) in [6, 6.07) is 0. The zero-order chi connectivity index (χ0) is 11.8. The number of hydrogen-bond donors (Lipinski definition) is 1. The van der Waals surface area contributed by atoms with Gasteiger partial charge in [0.2, 0.25) is 0 Å². The molecular weight excluding hydrogens is 218 g/mol. The van der Waals surface area contributed by atoms with Crippen molar-refractivity contribution in [2.24, 2.45) is 11.7 Å². The predicted octanol–water partition coefficient (Wildman–Crippen LogP) is 2.01. The van der Waals surface area contributed by atoms with Crippen LogP contribution >= 0.6 is 11.3 Å². The van der Waals surface area contributed by atoms with E-state index in [1.165, 1.54) is 17.7 Å².